The lowest BCUT2D eigenvalue weighted by molar-refractivity contribution is 0.150. The van der Waals surface area contributed by atoms with E-state index in [2.05, 4.69) is 11.4 Å². The molecule has 1 N–H and O–H groups in total. The molecule has 7 heavy (non-hydrogen) atoms. The molecule has 1 heterocycles. The van der Waals surface area contributed by atoms with Gasteiger partial charge in [0.1, 0.15) is 0 Å². The normalized spacial score (nSPS) is 21.7. The van der Waals surface area contributed by atoms with Crippen LogP contribution in [0.3, 0.4) is 0 Å². The van der Waals surface area contributed by atoms with Crippen molar-refractivity contribution in [1.29, 1.82) is 0 Å². The van der Waals surface area contributed by atoms with Crippen LogP contribution in [-0.4, -0.2) is 19.9 Å². The third-order valence-corrected chi connectivity index (χ3v) is 0.777. The Hall–Kier alpha value is -0.340. The second kappa shape index (κ2) is 2.77. The Kier molecular flexibility index (Phi) is 1.90. The summed E-state index contributed by atoms with van der Waals surface area (Å²) in [4.78, 5) is 0. The van der Waals surface area contributed by atoms with E-state index in [4.69, 9.17) is 4.74 Å². The van der Waals surface area contributed by atoms with E-state index in [-0.39, 0.29) is 0 Å². The van der Waals surface area contributed by atoms with Crippen molar-refractivity contribution in [2.45, 2.75) is 0 Å². The first-order valence-corrected chi connectivity index (χ1v) is 2.33. The van der Waals surface area contributed by atoms with Crippen LogP contribution in [-0.2, 0) is 4.74 Å². The highest BCUT2D eigenvalue weighted by molar-refractivity contribution is 4.76. The molecular formula is C5H8NO. The number of rotatable bonds is 0. The zero-order valence-electron chi connectivity index (χ0n) is 4.11. The molecule has 2 heteroatoms. The number of nitrogens with one attached hydrogen (secondary N) is 1. The molecule has 0 aromatic rings. The minimum atomic E-state index is 0.656. The Balaban J connectivity index is 2.20. The van der Waals surface area contributed by atoms with Crippen molar-refractivity contribution in [3.8, 4) is 0 Å². The lowest BCUT2D eigenvalue weighted by Crippen LogP contribution is -2.15. The van der Waals surface area contributed by atoms with Crippen LogP contribution < -0.4 is 5.32 Å². The van der Waals surface area contributed by atoms with Gasteiger partial charge in [0.25, 0.3) is 0 Å². The predicted molar refractivity (Wildman–Crippen MR) is 26.6 cm³/mol. The molecule has 0 aliphatic carbocycles. The lowest BCUT2D eigenvalue weighted by Gasteiger charge is -1.94. The van der Waals surface area contributed by atoms with Crippen LogP contribution in [0.4, 0.5) is 0 Å². The molecule has 1 aliphatic rings. The summed E-state index contributed by atoms with van der Waals surface area (Å²) in [6.45, 7) is 2.18. The molecule has 0 spiro atoms. The van der Waals surface area contributed by atoms with Crippen molar-refractivity contribution in [1.82, 2.24) is 5.32 Å². The highest BCUT2D eigenvalue weighted by Gasteiger charge is 1.86. The maximum absolute atomic E-state index is 4.97. The van der Waals surface area contributed by atoms with Crippen LogP contribution in [0.25, 0.3) is 0 Å². The Bertz CT molecular complexity index is 62.5. The summed E-state index contributed by atoms with van der Waals surface area (Å²) in [7, 11) is 0. The summed E-state index contributed by atoms with van der Waals surface area (Å²) in [6, 6.07) is 0. The van der Waals surface area contributed by atoms with Crippen LogP contribution in [0.2, 0.25) is 0 Å². The van der Waals surface area contributed by atoms with Gasteiger partial charge in [-0.15, -0.1) is 0 Å². The van der Waals surface area contributed by atoms with Gasteiger partial charge in [-0.05, 0) is 6.08 Å². The summed E-state index contributed by atoms with van der Waals surface area (Å²) in [5.74, 6) is 0. The molecule has 1 radical (unpaired) electrons. The molecule has 0 fully saturated rings. The van der Waals surface area contributed by atoms with Crippen molar-refractivity contribution in [2.75, 3.05) is 19.9 Å². The van der Waals surface area contributed by atoms with Crippen molar-refractivity contribution < 1.29 is 4.74 Å². The van der Waals surface area contributed by atoms with Gasteiger partial charge in [-0.2, -0.15) is 0 Å². The summed E-state index contributed by atoms with van der Waals surface area (Å²) in [5, 5.41) is 2.98. The van der Waals surface area contributed by atoms with Gasteiger partial charge in [0.2, 0.25) is 0 Å². The Morgan fingerprint density at radius 1 is 1.71 bits per heavy atom. The van der Waals surface area contributed by atoms with Gasteiger partial charge in [0, 0.05) is 6.54 Å². The number of ether oxygens (including phenoxy) is 1. The Labute approximate surface area is 43.2 Å². The van der Waals surface area contributed by atoms with Crippen LogP contribution in [0.5, 0.6) is 0 Å². The van der Waals surface area contributed by atoms with Crippen LogP contribution in [0.1, 0.15) is 0 Å². The van der Waals surface area contributed by atoms with Gasteiger partial charge in [-0.3, -0.25) is 5.32 Å². The Morgan fingerprint density at radius 3 is 3.71 bits per heavy atom. The monoisotopic (exact) mass is 98.1 g/mol. The van der Waals surface area contributed by atoms with Crippen molar-refractivity contribution in [2.24, 2.45) is 0 Å². The van der Waals surface area contributed by atoms with Gasteiger partial charge >= 0.3 is 0 Å². The first-order chi connectivity index (χ1) is 3.50. The fraction of sp³-hybridized carbons (Fsp3) is 0.600. The molecule has 0 amide bonds. The largest absolute Gasteiger partial charge is 0.362 e. The molecule has 0 bridgehead atoms. The van der Waals surface area contributed by atoms with Gasteiger partial charge in [0.15, 0.2) is 0 Å². The topological polar surface area (TPSA) is 21.3 Å². The second-order valence-electron chi connectivity index (χ2n) is 1.35. The van der Waals surface area contributed by atoms with Crippen LogP contribution in [0.15, 0.2) is 6.08 Å². The molecule has 0 aromatic carbocycles. The van der Waals surface area contributed by atoms with E-state index in [9.17, 15) is 0 Å². The van der Waals surface area contributed by atoms with Crippen molar-refractivity contribution in [3.05, 3.63) is 12.2 Å². The third-order valence-electron chi connectivity index (χ3n) is 0.777. The van der Waals surface area contributed by atoms with Crippen molar-refractivity contribution in [3.63, 3.8) is 0 Å². The maximum Gasteiger partial charge on any atom is 0.0972 e. The number of hydrogen-bond acceptors (Lipinski definition) is 2. The highest BCUT2D eigenvalue weighted by atomic mass is 16.5. The van der Waals surface area contributed by atoms with Gasteiger partial charge in [-0.1, -0.05) is 6.08 Å². The molecule has 2 nitrogen and oxygen atoms in total. The van der Waals surface area contributed by atoms with E-state index in [1.807, 2.05) is 6.08 Å². The molecule has 1 rings (SSSR count). The standard InChI is InChI=1S/C5H8NO/c1-2-4-7-5-6-3-1/h2,6H,3-5H2. The average Bonchev–Trinajstić information content (AvgIpc) is 1.90. The van der Waals surface area contributed by atoms with E-state index < -0.39 is 0 Å². The van der Waals surface area contributed by atoms with E-state index in [1.54, 1.807) is 0 Å². The van der Waals surface area contributed by atoms with E-state index in [0.29, 0.717) is 13.3 Å². The molecule has 1 aliphatic heterocycles. The third kappa shape index (κ3) is 1.71. The summed E-state index contributed by atoms with van der Waals surface area (Å²) in [6.07, 6.45) is 4.88. The minimum absolute atomic E-state index is 0.656. The minimum Gasteiger partial charge on any atom is -0.362 e. The SMILES string of the molecule is [C]1=CCOCNC1. The van der Waals surface area contributed by atoms with Gasteiger partial charge in [-0.25, -0.2) is 0 Å². The lowest BCUT2D eigenvalue weighted by atomic mass is 10.5. The first kappa shape index (κ1) is 4.81. The first-order valence-electron chi connectivity index (χ1n) is 2.33. The quantitative estimate of drug-likeness (QED) is 0.457. The molecule has 0 saturated heterocycles. The van der Waals surface area contributed by atoms with E-state index in [1.165, 1.54) is 0 Å². The Morgan fingerprint density at radius 2 is 2.71 bits per heavy atom. The fourth-order valence-electron chi connectivity index (χ4n) is 0.444. The van der Waals surface area contributed by atoms with Crippen LogP contribution >= 0.6 is 0 Å². The predicted octanol–water partition coefficient (Wildman–Crippen LogP) is -0.0769. The molecule has 0 aromatic heterocycles. The molecule has 0 saturated carbocycles. The number of hydrogen-bond donors (Lipinski definition) is 1. The summed E-state index contributed by atoms with van der Waals surface area (Å²) in [5.41, 5.74) is 0. The van der Waals surface area contributed by atoms with Gasteiger partial charge < -0.3 is 4.74 Å². The average molecular weight is 98.1 g/mol. The fourth-order valence-corrected chi connectivity index (χ4v) is 0.444. The second-order valence-corrected chi connectivity index (χ2v) is 1.35. The molecule has 0 unspecified atom stereocenters. The summed E-state index contributed by atoms with van der Waals surface area (Å²) >= 11 is 0. The van der Waals surface area contributed by atoms with Crippen LogP contribution in [0, 0.1) is 6.08 Å². The molecule has 39 valence electrons. The van der Waals surface area contributed by atoms with Gasteiger partial charge in [0.05, 0.1) is 13.3 Å². The zero-order valence-corrected chi connectivity index (χ0v) is 4.11. The molecule has 0 atom stereocenters. The smallest absolute Gasteiger partial charge is 0.0972 e. The maximum atomic E-state index is 4.97. The van der Waals surface area contributed by atoms with E-state index in [0.717, 1.165) is 6.54 Å². The molecular weight excluding hydrogens is 90.1 g/mol. The van der Waals surface area contributed by atoms with E-state index >= 15 is 0 Å². The zero-order chi connectivity index (χ0) is 4.95. The highest BCUT2D eigenvalue weighted by Crippen LogP contribution is 1.78. The van der Waals surface area contributed by atoms with Crippen molar-refractivity contribution >= 4 is 0 Å². The summed E-state index contributed by atoms with van der Waals surface area (Å²) < 4.78 is 4.97.